The molecule has 162 valence electrons. The van der Waals surface area contributed by atoms with Crippen LogP contribution in [0.5, 0.6) is 5.75 Å². The number of alkyl carbamates (subject to hydrolysis) is 1. The number of carbonyl (C=O) groups excluding carboxylic acids is 2. The molecule has 0 radical (unpaired) electrons. The van der Waals surface area contributed by atoms with Gasteiger partial charge in [-0.25, -0.2) is 9.59 Å². The summed E-state index contributed by atoms with van der Waals surface area (Å²) in [6, 6.07) is 5.47. The van der Waals surface area contributed by atoms with Gasteiger partial charge in [0.25, 0.3) is 0 Å². The zero-order chi connectivity index (χ0) is 22.0. The Kier molecular flexibility index (Phi) is 9.65. The first-order chi connectivity index (χ1) is 13.5. The number of amides is 1. The van der Waals surface area contributed by atoms with Gasteiger partial charge in [0.1, 0.15) is 17.4 Å². The van der Waals surface area contributed by atoms with E-state index in [1.807, 2.05) is 6.92 Å². The molecule has 0 aliphatic carbocycles. The van der Waals surface area contributed by atoms with Crippen molar-refractivity contribution < 1.29 is 29.0 Å². The van der Waals surface area contributed by atoms with E-state index in [-0.39, 0.29) is 18.3 Å². The van der Waals surface area contributed by atoms with Crippen molar-refractivity contribution in [2.24, 2.45) is 5.92 Å². The fraction of sp³-hybridized carbons (Fsp3) is 0.591. The van der Waals surface area contributed by atoms with E-state index in [9.17, 15) is 19.5 Å². The topological polar surface area (TPSA) is 102 Å². The molecule has 1 aromatic carbocycles. The van der Waals surface area contributed by atoms with Crippen LogP contribution in [0.4, 0.5) is 4.79 Å². The molecule has 0 spiro atoms. The Hall–Kier alpha value is -2.57. The van der Waals surface area contributed by atoms with Gasteiger partial charge in [0.15, 0.2) is 0 Å². The maximum absolute atomic E-state index is 12.1. The number of hydrogen-bond donors (Lipinski definition) is 2. The van der Waals surface area contributed by atoms with Gasteiger partial charge >= 0.3 is 18.0 Å². The first-order valence-corrected chi connectivity index (χ1v) is 10.0. The van der Waals surface area contributed by atoms with E-state index in [0.717, 1.165) is 25.7 Å². The highest BCUT2D eigenvalue weighted by atomic mass is 16.6. The Labute approximate surface area is 172 Å². The van der Waals surface area contributed by atoms with Crippen LogP contribution in [0.1, 0.15) is 65.9 Å². The Morgan fingerprint density at radius 1 is 1.10 bits per heavy atom. The van der Waals surface area contributed by atoms with Crippen molar-refractivity contribution in [3.63, 3.8) is 0 Å². The Balaban J connectivity index is 2.63. The summed E-state index contributed by atoms with van der Waals surface area (Å²) in [6.07, 6.45) is 3.27. The molecule has 1 amide bonds. The molecule has 0 bridgehead atoms. The molecule has 1 rings (SSSR count). The summed E-state index contributed by atoms with van der Waals surface area (Å²) in [7, 11) is 0. The van der Waals surface area contributed by atoms with E-state index in [1.54, 1.807) is 45.0 Å². The third-order valence-corrected chi connectivity index (χ3v) is 4.21. The minimum absolute atomic E-state index is 0.0796. The summed E-state index contributed by atoms with van der Waals surface area (Å²) in [5.74, 6) is -1.19. The van der Waals surface area contributed by atoms with Crippen LogP contribution in [-0.4, -0.2) is 34.8 Å². The predicted molar refractivity (Wildman–Crippen MR) is 110 cm³/mol. The molecule has 0 aromatic heterocycles. The summed E-state index contributed by atoms with van der Waals surface area (Å²) in [5.41, 5.74) is -0.0314. The highest BCUT2D eigenvalue weighted by molar-refractivity contribution is 5.80. The van der Waals surface area contributed by atoms with E-state index in [2.05, 4.69) is 12.2 Å². The normalized spacial score (nSPS) is 13.3. The lowest BCUT2D eigenvalue weighted by atomic mass is 10.0. The first kappa shape index (κ1) is 24.5. The largest absolute Gasteiger partial charge is 0.480 e. The molecule has 2 atom stereocenters. The second kappa shape index (κ2) is 11.4. The molecule has 0 saturated heterocycles. The fourth-order valence-electron chi connectivity index (χ4n) is 2.61. The van der Waals surface area contributed by atoms with Crippen LogP contribution in [-0.2, 0) is 20.7 Å². The SMILES string of the molecule is CCCCCC(C)C(=O)Oc1ccc(CC(NC(=O)OC(C)(C)C)C(=O)O)cc1. The van der Waals surface area contributed by atoms with Crippen LogP contribution in [0, 0.1) is 5.92 Å². The molecule has 7 nitrogen and oxygen atoms in total. The van der Waals surface area contributed by atoms with Gasteiger partial charge in [-0.1, -0.05) is 45.2 Å². The van der Waals surface area contributed by atoms with Gasteiger partial charge in [-0.3, -0.25) is 4.79 Å². The lowest BCUT2D eigenvalue weighted by molar-refractivity contribution is -0.139. The van der Waals surface area contributed by atoms with Crippen LogP contribution in [0.2, 0.25) is 0 Å². The van der Waals surface area contributed by atoms with Crippen molar-refractivity contribution in [1.29, 1.82) is 0 Å². The second-order valence-corrected chi connectivity index (χ2v) is 8.20. The van der Waals surface area contributed by atoms with Crippen LogP contribution in [0.15, 0.2) is 24.3 Å². The number of carboxylic acid groups (broad SMARTS) is 1. The van der Waals surface area contributed by atoms with Crippen LogP contribution >= 0.6 is 0 Å². The average Bonchev–Trinajstić information content (AvgIpc) is 2.61. The standard InChI is InChI=1S/C22H33NO6/c1-6-7-8-9-15(2)20(26)28-17-12-10-16(11-13-17)14-18(19(24)25)23-21(27)29-22(3,4)5/h10-13,15,18H,6-9,14H2,1-5H3,(H,23,27)(H,24,25). The first-order valence-electron chi connectivity index (χ1n) is 10.0. The number of carbonyl (C=O) groups is 3. The summed E-state index contributed by atoms with van der Waals surface area (Å²) >= 11 is 0. The van der Waals surface area contributed by atoms with Gasteiger partial charge in [-0.05, 0) is 44.9 Å². The van der Waals surface area contributed by atoms with Crippen molar-refractivity contribution >= 4 is 18.0 Å². The molecule has 0 aliphatic rings. The minimum atomic E-state index is -1.16. The molecule has 2 N–H and O–H groups in total. The van der Waals surface area contributed by atoms with Crippen molar-refractivity contribution in [3.05, 3.63) is 29.8 Å². The van der Waals surface area contributed by atoms with E-state index >= 15 is 0 Å². The number of carboxylic acids is 1. The highest BCUT2D eigenvalue weighted by Gasteiger charge is 2.24. The predicted octanol–water partition coefficient (Wildman–Crippen LogP) is 4.33. The van der Waals surface area contributed by atoms with E-state index in [1.165, 1.54) is 0 Å². The van der Waals surface area contributed by atoms with Crippen LogP contribution in [0.3, 0.4) is 0 Å². The van der Waals surface area contributed by atoms with Crippen LogP contribution in [0.25, 0.3) is 0 Å². The molecule has 7 heteroatoms. The highest BCUT2D eigenvalue weighted by Crippen LogP contribution is 2.18. The van der Waals surface area contributed by atoms with E-state index in [4.69, 9.17) is 9.47 Å². The summed E-state index contributed by atoms with van der Waals surface area (Å²) in [4.78, 5) is 35.4. The lowest BCUT2D eigenvalue weighted by Gasteiger charge is -2.22. The van der Waals surface area contributed by atoms with Crippen molar-refractivity contribution in [2.45, 2.75) is 78.4 Å². The smallest absolute Gasteiger partial charge is 0.408 e. The van der Waals surface area contributed by atoms with E-state index in [0.29, 0.717) is 11.3 Å². The zero-order valence-electron chi connectivity index (χ0n) is 18.0. The third-order valence-electron chi connectivity index (χ3n) is 4.21. The monoisotopic (exact) mass is 407 g/mol. The van der Waals surface area contributed by atoms with E-state index < -0.39 is 23.7 Å². The minimum Gasteiger partial charge on any atom is -0.480 e. The number of rotatable bonds is 10. The maximum Gasteiger partial charge on any atom is 0.408 e. The summed E-state index contributed by atoms with van der Waals surface area (Å²) < 4.78 is 10.5. The Bertz CT molecular complexity index is 678. The third kappa shape index (κ3) is 9.96. The second-order valence-electron chi connectivity index (χ2n) is 8.20. The average molecular weight is 408 g/mol. The molecule has 0 heterocycles. The summed E-state index contributed by atoms with van der Waals surface area (Å²) in [6.45, 7) is 9.07. The number of hydrogen-bond acceptors (Lipinski definition) is 5. The lowest BCUT2D eigenvalue weighted by Crippen LogP contribution is -2.44. The molecule has 29 heavy (non-hydrogen) atoms. The van der Waals surface area contributed by atoms with Gasteiger partial charge < -0.3 is 19.9 Å². The summed E-state index contributed by atoms with van der Waals surface area (Å²) in [5, 5.41) is 11.7. The molecular weight excluding hydrogens is 374 g/mol. The van der Waals surface area contributed by atoms with Gasteiger partial charge in [-0.2, -0.15) is 0 Å². The van der Waals surface area contributed by atoms with Crippen LogP contribution < -0.4 is 10.1 Å². The molecule has 0 fully saturated rings. The number of ether oxygens (including phenoxy) is 2. The Morgan fingerprint density at radius 3 is 2.24 bits per heavy atom. The number of aliphatic carboxylic acids is 1. The molecule has 1 aromatic rings. The number of benzene rings is 1. The van der Waals surface area contributed by atoms with Gasteiger partial charge in [-0.15, -0.1) is 0 Å². The number of esters is 1. The fourth-order valence-corrected chi connectivity index (χ4v) is 2.61. The zero-order valence-corrected chi connectivity index (χ0v) is 18.0. The van der Waals surface area contributed by atoms with Gasteiger partial charge in [0, 0.05) is 6.42 Å². The number of nitrogens with one attached hydrogen (secondary N) is 1. The molecule has 2 unspecified atom stereocenters. The number of unbranched alkanes of at least 4 members (excludes halogenated alkanes) is 2. The van der Waals surface area contributed by atoms with Crippen molar-refractivity contribution in [2.75, 3.05) is 0 Å². The molecule has 0 aliphatic heterocycles. The molecule has 0 saturated carbocycles. The Morgan fingerprint density at radius 2 is 1.72 bits per heavy atom. The van der Waals surface area contributed by atoms with Gasteiger partial charge in [0.05, 0.1) is 5.92 Å². The quantitative estimate of drug-likeness (QED) is 0.340. The van der Waals surface area contributed by atoms with Crippen molar-refractivity contribution in [1.82, 2.24) is 5.32 Å². The maximum atomic E-state index is 12.1. The van der Waals surface area contributed by atoms with Gasteiger partial charge in [0.2, 0.25) is 0 Å². The molecular formula is C22H33NO6. The van der Waals surface area contributed by atoms with Crippen molar-refractivity contribution in [3.8, 4) is 5.75 Å².